The zero-order valence-corrected chi connectivity index (χ0v) is 19.0. The first-order valence-electron chi connectivity index (χ1n) is 10.2. The quantitative estimate of drug-likeness (QED) is 0.422. The predicted molar refractivity (Wildman–Crippen MR) is 118 cm³/mol. The number of nitrogens with one attached hydrogen (secondary N) is 2. The molecule has 168 valence electrons. The van der Waals surface area contributed by atoms with Gasteiger partial charge in [-0.2, -0.15) is 4.98 Å². The summed E-state index contributed by atoms with van der Waals surface area (Å²) in [5.74, 6) is -0.266. The summed E-state index contributed by atoms with van der Waals surface area (Å²) in [5, 5.41) is 6.87. The van der Waals surface area contributed by atoms with Crippen molar-refractivity contribution in [1.82, 2.24) is 15.1 Å². The molecular weight excluding hydrogens is 412 g/mol. The van der Waals surface area contributed by atoms with Crippen LogP contribution in [0.15, 0.2) is 22.7 Å². The molecule has 3 rings (SSSR count). The maximum Gasteiger partial charge on any atom is 0.339 e. The lowest BCUT2D eigenvalue weighted by Gasteiger charge is -2.12. The average molecular weight is 438 g/mol. The van der Waals surface area contributed by atoms with E-state index in [9.17, 15) is 14.4 Å². The van der Waals surface area contributed by atoms with Crippen LogP contribution in [0.4, 0.5) is 5.69 Å². The van der Waals surface area contributed by atoms with E-state index in [0.717, 1.165) is 5.56 Å². The molecule has 0 aliphatic heterocycles. The van der Waals surface area contributed by atoms with Crippen molar-refractivity contribution in [3.8, 4) is 11.5 Å². The number of aromatic amines is 1. The Morgan fingerprint density at radius 1 is 1.22 bits per heavy atom. The molecule has 0 radical (unpaired) electrons. The number of para-hydroxylation sites is 1. The average Bonchev–Trinajstić information content (AvgIpc) is 3.34. The first-order chi connectivity index (χ1) is 15.1. The molecule has 0 saturated heterocycles. The molecule has 0 saturated carbocycles. The van der Waals surface area contributed by atoms with E-state index in [0.29, 0.717) is 34.2 Å². The highest BCUT2D eigenvalue weighted by molar-refractivity contribution is 6.03. The lowest BCUT2D eigenvalue weighted by molar-refractivity contribution is -0.115. The van der Waals surface area contributed by atoms with Crippen molar-refractivity contribution in [1.29, 1.82) is 0 Å². The highest BCUT2D eigenvalue weighted by atomic mass is 16.5. The van der Waals surface area contributed by atoms with Crippen molar-refractivity contribution >= 4 is 23.3 Å². The number of amides is 1. The summed E-state index contributed by atoms with van der Waals surface area (Å²) in [6.45, 7) is 8.80. The standard InChI is InChI=1S/C23H26N4O5/c1-11(2)21-26-22(32-27-21)15-9-7-8-12(3)19(15)25-17(29)10-16-18(23(30)31-6)13(4)20(24-16)14(5)28/h7-9,11,24H,10H2,1-6H3,(H,25,29). The van der Waals surface area contributed by atoms with Crippen molar-refractivity contribution in [2.75, 3.05) is 12.4 Å². The van der Waals surface area contributed by atoms with E-state index in [1.165, 1.54) is 14.0 Å². The highest BCUT2D eigenvalue weighted by Gasteiger charge is 2.25. The molecule has 2 heterocycles. The normalized spacial score (nSPS) is 11.0. The monoisotopic (exact) mass is 438 g/mol. The number of Topliss-reactive ketones (excluding diaryl/α,β-unsaturated/α-hetero) is 1. The molecule has 0 aliphatic carbocycles. The van der Waals surface area contributed by atoms with Crippen molar-refractivity contribution in [2.45, 2.75) is 47.0 Å². The minimum Gasteiger partial charge on any atom is -0.465 e. The Morgan fingerprint density at radius 2 is 1.94 bits per heavy atom. The summed E-state index contributed by atoms with van der Waals surface area (Å²) in [5.41, 5.74) is 3.17. The van der Waals surface area contributed by atoms with E-state index in [4.69, 9.17) is 9.26 Å². The summed E-state index contributed by atoms with van der Waals surface area (Å²) in [6, 6.07) is 5.47. The molecule has 32 heavy (non-hydrogen) atoms. The van der Waals surface area contributed by atoms with Crippen molar-refractivity contribution < 1.29 is 23.6 Å². The van der Waals surface area contributed by atoms with Gasteiger partial charge in [0.2, 0.25) is 5.91 Å². The van der Waals surface area contributed by atoms with Crippen molar-refractivity contribution in [3.05, 3.63) is 52.1 Å². The van der Waals surface area contributed by atoms with Crippen LogP contribution in [0.2, 0.25) is 0 Å². The van der Waals surface area contributed by atoms with Gasteiger partial charge >= 0.3 is 5.97 Å². The summed E-state index contributed by atoms with van der Waals surface area (Å²) in [7, 11) is 1.25. The van der Waals surface area contributed by atoms with Gasteiger partial charge in [0.15, 0.2) is 11.6 Å². The Balaban J connectivity index is 1.93. The molecule has 0 atom stereocenters. The van der Waals surface area contributed by atoms with Crippen LogP contribution in [0.1, 0.15) is 70.2 Å². The molecule has 1 aromatic carbocycles. The van der Waals surface area contributed by atoms with Crippen LogP contribution in [0.25, 0.3) is 11.5 Å². The minimum absolute atomic E-state index is 0.0960. The van der Waals surface area contributed by atoms with Crippen LogP contribution < -0.4 is 5.32 Å². The van der Waals surface area contributed by atoms with Crippen molar-refractivity contribution in [2.24, 2.45) is 0 Å². The molecule has 9 nitrogen and oxygen atoms in total. The van der Waals surface area contributed by atoms with Gasteiger partial charge in [-0.1, -0.05) is 31.1 Å². The molecule has 2 aromatic heterocycles. The Bertz CT molecular complexity index is 1190. The number of nitrogens with zero attached hydrogens (tertiary/aromatic N) is 2. The van der Waals surface area contributed by atoms with Crippen molar-refractivity contribution in [3.63, 3.8) is 0 Å². The molecule has 0 bridgehead atoms. The molecule has 0 aliphatic rings. The minimum atomic E-state index is -0.613. The van der Waals surface area contributed by atoms with Gasteiger partial charge in [-0.25, -0.2) is 4.79 Å². The lowest BCUT2D eigenvalue weighted by Crippen LogP contribution is -2.18. The number of anilines is 1. The van der Waals surface area contributed by atoms with Crippen LogP contribution in [-0.4, -0.2) is 39.9 Å². The number of hydrogen-bond donors (Lipinski definition) is 2. The SMILES string of the molecule is COC(=O)c1c(CC(=O)Nc2c(C)cccc2-c2nc(C(C)C)no2)[nH]c(C(C)=O)c1C. The second-order valence-corrected chi connectivity index (χ2v) is 7.86. The fourth-order valence-electron chi connectivity index (χ4n) is 3.46. The number of aryl methyl sites for hydroxylation is 1. The van der Waals surface area contributed by atoms with E-state index < -0.39 is 5.97 Å². The summed E-state index contributed by atoms with van der Waals surface area (Å²) < 4.78 is 10.2. The topological polar surface area (TPSA) is 127 Å². The first kappa shape index (κ1) is 22.9. The number of rotatable bonds is 7. The number of carbonyl (C=O) groups is 3. The maximum absolute atomic E-state index is 12.9. The van der Waals surface area contributed by atoms with Gasteiger partial charge < -0.3 is 19.6 Å². The predicted octanol–water partition coefficient (Wildman–Crippen LogP) is 3.98. The van der Waals surface area contributed by atoms with Gasteiger partial charge in [-0.3, -0.25) is 9.59 Å². The lowest BCUT2D eigenvalue weighted by atomic mass is 10.1. The fraction of sp³-hybridized carbons (Fsp3) is 0.348. The third-order valence-corrected chi connectivity index (χ3v) is 5.13. The molecule has 3 aromatic rings. The zero-order valence-electron chi connectivity index (χ0n) is 19.0. The van der Waals surface area contributed by atoms with Gasteiger partial charge in [-0.15, -0.1) is 0 Å². The largest absolute Gasteiger partial charge is 0.465 e. The van der Waals surface area contributed by atoms with Crippen LogP contribution >= 0.6 is 0 Å². The summed E-state index contributed by atoms with van der Waals surface area (Å²) >= 11 is 0. The third kappa shape index (κ3) is 4.46. The Morgan fingerprint density at radius 3 is 2.53 bits per heavy atom. The number of carbonyl (C=O) groups excluding carboxylic acids is 3. The number of H-pyrrole nitrogens is 1. The molecule has 2 N–H and O–H groups in total. The molecule has 9 heteroatoms. The second-order valence-electron chi connectivity index (χ2n) is 7.86. The van der Waals surface area contributed by atoms with Crippen LogP contribution in [-0.2, 0) is 16.0 Å². The number of esters is 1. The first-order valence-corrected chi connectivity index (χ1v) is 10.2. The number of ketones is 1. The number of aromatic nitrogens is 3. The Hall–Kier alpha value is -3.75. The Kier molecular flexibility index (Phi) is 6.57. The maximum atomic E-state index is 12.9. The number of benzene rings is 1. The third-order valence-electron chi connectivity index (χ3n) is 5.13. The highest BCUT2D eigenvalue weighted by Crippen LogP contribution is 2.31. The van der Waals surface area contributed by atoms with Crippen LogP contribution in [0.5, 0.6) is 0 Å². The molecular formula is C23H26N4O5. The zero-order chi connectivity index (χ0) is 23.6. The van der Waals surface area contributed by atoms with Gasteiger partial charge in [0, 0.05) is 18.5 Å². The van der Waals surface area contributed by atoms with E-state index in [1.807, 2.05) is 32.9 Å². The molecule has 0 unspecified atom stereocenters. The van der Waals surface area contributed by atoms with E-state index in [1.54, 1.807) is 13.0 Å². The second kappa shape index (κ2) is 9.17. The Labute approximate surface area is 185 Å². The molecule has 0 fully saturated rings. The van der Waals surface area contributed by atoms with E-state index in [-0.39, 0.29) is 35.3 Å². The van der Waals surface area contributed by atoms with E-state index in [2.05, 4.69) is 20.4 Å². The van der Waals surface area contributed by atoms with Gasteiger partial charge in [-0.05, 0) is 31.0 Å². The summed E-state index contributed by atoms with van der Waals surface area (Å²) in [6.07, 6.45) is -0.159. The van der Waals surface area contributed by atoms with Gasteiger partial charge in [0.05, 0.1) is 36.0 Å². The molecule has 0 spiro atoms. The van der Waals surface area contributed by atoms with Gasteiger partial charge in [0.1, 0.15) is 0 Å². The van der Waals surface area contributed by atoms with E-state index >= 15 is 0 Å². The van der Waals surface area contributed by atoms with Gasteiger partial charge in [0.25, 0.3) is 5.89 Å². The smallest absolute Gasteiger partial charge is 0.339 e. The fourth-order valence-corrected chi connectivity index (χ4v) is 3.46. The summed E-state index contributed by atoms with van der Waals surface area (Å²) in [4.78, 5) is 44.5. The van der Waals surface area contributed by atoms with Crippen LogP contribution in [0.3, 0.4) is 0 Å². The number of ether oxygens (including phenoxy) is 1. The molecule has 1 amide bonds. The number of methoxy groups -OCH3 is 1. The number of hydrogen-bond acceptors (Lipinski definition) is 7. The van der Waals surface area contributed by atoms with Crippen LogP contribution in [0, 0.1) is 13.8 Å².